The zero-order valence-corrected chi connectivity index (χ0v) is 18.7. The molecule has 0 aromatic carbocycles. The largest absolute Gasteiger partial charge is 0.356 e. The van der Waals surface area contributed by atoms with Gasteiger partial charge in [-0.25, -0.2) is 0 Å². The van der Waals surface area contributed by atoms with Crippen molar-refractivity contribution in [3.8, 4) is 0 Å². The van der Waals surface area contributed by atoms with Crippen molar-refractivity contribution in [2.75, 3.05) is 12.2 Å². The van der Waals surface area contributed by atoms with E-state index in [1.807, 2.05) is 12.3 Å². The molecule has 0 bridgehead atoms. The summed E-state index contributed by atoms with van der Waals surface area (Å²) in [6.45, 7) is 8.65. The quantitative estimate of drug-likeness (QED) is 0.606. The molecule has 0 spiro atoms. The fourth-order valence-corrected chi connectivity index (χ4v) is 8.14. The molecule has 7 atom stereocenters. The predicted octanol–water partition coefficient (Wildman–Crippen LogP) is 5.21. The molecule has 4 aliphatic rings. The zero-order chi connectivity index (χ0) is 20.3. The van der Waals surface area contributed by atoms with Crippen LogP contribution in [0.2, 0.25) is 0 Å². The Morgan fingerprint density at radius 3 is 2.71 bits per heavy atom. The van der Waals surface area contributed by atoms with Gasteiger partial charge < -0.3 is 4.74 Å². The highest BCUT2D eigenvalue weighted by Gasteiger charge is 2.69. The molecule has 28 heavy (non-hydrogen) atoms. The van der Waals surface area contributed by atoms with E-state index in [-0.39, 0.29) is 28.3 Å². The Morgan fingerprint density at radius 2 is 2.04 bits per heavy atom. The van der Waals surface area contributed by atoms with Crippen molar-refractivity contribution in [3.63, 3.8) is 0 Å². The minimum atomic E-state index is -0.652. The van der Waals surface area contributed by atoms with E-state index in [0.717, 1.165) is 32.1 Å². The van der Waals surface area contributed by atoms with Crippen LogP contribution in [0.1, 0.15) is 59.8 Å². The van der Waals surface area contributed by atoms with Gasteiger partial charge in [-0.3, -0.25) is 9.59 Å². The average Bonchev–Trinajstić information content (AvgIpc) is 2.88. The molecular weight excluding hydrogens is 368 g/mol. The molecular formula is C24H34O3S. The van der Waals surface area contributed by atoms with Crippen LogP contribution in [-0.4, -0.2) is 29.4 Å². The third kappa shape index (κ3) is 2.52. The number of carbonyl (C=O) groups is 2. The third-order valence-corrected chi connectivity index (χ3v) is 9.38. The molecule has 0 aromatic heterocycles. The van der Waals surface area contributed by atoms with E-state index in [1.165, 1.54) is 5.57 Å². The first-order valence-corrected chi connectivity index (χ1v) is 12.2. The number of carbonyl (C=O) groups excluding carboxylic acids is 2. The molecule has 4 rings (SSSR count). The van der Waals surface area contributed by atoms with Gasteiger partial charge in [0.05, 0.1) is 5.94 Å². The molecule has 0 amide bonds. The lowest BCUT2D eigenvalue weighted by Crippen LogP contribution is -2.59. The topological polar surface area (TPSA) is 43.4 Å². The van der Waals surface area contributed by atoms with Crippen LogP contribution in [0.5, 0.6) is 0 Å². The van der Waals surface area contributed by atoms with E-state index >= 15 is 0 Å². The van der Waals surface area contributed by atoms with Gasteiger partial charge in [-0.15, -0.1) is 11.8 Å². The number of rotatable bonds is 4. The SMILES string of the molecule is CSCO[C@]1(C(C)=O)[C@@H](C)C[C@H]2[C@@H]3CCC4=CC(=O)C=C[C@]4(C)[C@H]3CC[C@@]21C. The number of hydrogen-bond acceptors (Lipinski definition) is 4. The standard InChI is InChI=1S/C24H34O3S/c1-15-12-21-19-7-6-17-13-18(26)8-10-22(17,3)20(19)9-11-23(21,4)24(15,16(2)25)27-14-28-5/h8,10,13,15,19-21H,6-7,9,11-12,14H2,1-5H3/t15-,19+,20-,21-,22-,23-,24-/m0/s1. The maximum absolute atomic E-state index is 13.0. The number of ketones is 2. The molecule has 0 aliphatic heterocycles. The second-order valence-electron chi connectivity index (χ2n) is 10.0. The van der Waals surface area contributed by atoms with Crippen LogP contribution in [0.15, 0.2) is 23.8 Å². The highest BCUT2D eigenvalue weighted by Crippen LogP contribution is 2.69. The Morgan fingerprint density at radius 1 is 1.29 bits per heavy atom. The second-order valence-corrected chi connectivity index (χ2v) is 10.9. The zero-order valence-electron chi connectivity index (χ0n) is 17.9. The Labute approximate surface area is 173 Å². The summed E-state index contributed by atoms with van der Waals surface area (Å²) in [6, 6.07) is 0. The lowest BCUT2D eigenvalue weighted by molar-refractivity contribution is -0.175. The maximum atomic E-state index is 13.0. The lowest BCUT2D eigenvalue weighted by atomic mass is 9.47. The van der Waals surface area contributed by atoms with Gasteiger partial charge in [-0.05, 0) is 81.1 Å². The van der Waals surface area contributed by atoms with Crippen molar-refractivity contribution < 1.29 is 14.3 Å². The van der Waals surface area contributed by atoms with Gasteiger partial charge in [-0.1, -0.05) is 32.4 Å². The lowest BCUT2D eigenvalue weighted by Gasteiger charge is -2.58. The molecule has 154 valence electrons. The Balaban J connectivity index is 1.72. The third-order valence-electron chi connectivity index (χ3n) is 9.02. The van der Waals surface area contributed by atoms with Crippen molar-refractivity contribution in [3.05, 3.63) is 23.8 Å². The minimum Gasteiger partial charge on any atom is -0.356 e. The predicted molar refractivity (Wildman–Crippen MR) is 114 cm³/mol. The van der Waals surface area contributed by atoms with Crippen molar-refractivity contribution in [1.82, 2.24) is 0 Å². The molecule has 0 saturated heterocycles. The summed E-state index contributed by atoms with van der Waals surface area (Å²) in [6.07, 6.45) is 13.2. The summed E-state index contributed by atoms with van der Waals surface area (Å²) in [5.41, 5.74) is 0.581. The Hall–Kier alpha value is -0.870. The summed E-state index contributed by atoms with van der Waals surface area (Å²) in [5.74, 6) is 2.85. The fourth-order valence-electron chi connectivity index (χ4n) is 7.83. The van der Waals surface area contributed by atoms with Crippen LogP contribution in [0.25, 0.3) is 0 Å². The summed E-state index contributed by atoms with van der Waals surface area (Å²) in [4.78, 5) is 25.0. The van der Waals surface area contributed by atoms with Crippen LogP contribution in [0.4, 0.5) is 0 Å². The van der Waals surface area contributed by atoms with Gasteiger partial charge in [0.2, 0.25) is 0 Å². The summed E-state index contributed by atoms with van der Waals surface area (Å²) >= 11 is 1.66. The van der Waals surface area contributed by atoms with E-state index in [1.54, 1.807) is 24.8 Å². The van der Waals surface area contributed by atoms with E-state index in [2.05, 4.69) is 26.8 Å². The smallest absolute Gasteiger partial charge is 0.178 e. The summed E-state index contributed by atoms with van der Waals surface area (Å²) in [5, 5.41) is 0. The second kappa shape index (κ2) is 6.84. The number of ether oxygens (including phenoxy) is 1. The van der Waals surface area contributed by atoms with Crippen molar-refractivity contribution in [2.24, 2.45) is 34.5 Å². The number of fused-ring (bicyclic) bond motifs is 5. The van der Waals surface area contributed by atoms with Gasteiger partial charge >= 0.3 is 0 Å². The van der Waals surface area contributed by atoms with E-state index < -0.39 is 5.60 Å². The molecule has 3 fully saturated rings. The molecule has 4 aliphatic carbocycles. The number of allylic oxidation sites excluding steroid dienone is 4. The molecule has 4 heteroatoms. The minimum absolute atomic E-state index is 0.00297. The molecule has 0 radical (unpaired) electrons. The summed E-state index contributed by atoms with van der Waals surface area (Å²) in [7, 11) is 0. The van der Waals surface area contributed by atoms with Crippen molar-refractivity contribution in [1.29, 1.82) is 0 Å². The average molecular weight is 403 g/mol. The highest BCUT2D eigenvalue weighted by atomic mass is 32.2. The first-order chi connectivity index (χ1) is 13.2. The molecule has 3 saturated carbocycles. The van der Waals surface area contributed by atoms with Crippen LogP contribution in [-0.2, 0) is 14.3 Å². The molecule has 0 heterocycles. The van der Waals surface area contributed by atoms with Crippen molar-refractivity contribution in [2.45, 2.75) is 65.4 Å². The number of Topliss-reactive ketones (excluding diaryl/α,β-unsaturated/α-hetero) is 1. The Bertz CT molecular complexity index is 755. The van der Waals surface area contributed by atoms with Gasteiger partial charge in [0.25, 0.3) is 0 Å². The van der Waals surface area contributed by atoms with Crippen LogP contribution < -0.4 is 0 Å². The molecule has 0 unspecified atom stereocenters. The monoisotopic (exact) mass is 402 g/mol. The van der Waals surface area contributed by atoms with Gasteiger partial charge in [0, 0.05) is 10.8 Å². The molecule has 3 nitrogen and oxygen atoms in total. The van der Waals surface area contributed by atoms with Crippen LogP contribution in [0, 0.1) is 34.5 Å². The van der Waals surface area contributed by atoms with E-state index in [4.69, 9.17) is 4.74 Å². The molecule has 0 N–H and O–H groups in total. The van der Waals surface area contributed by atoms with Crippen LogP contribution in [0.3, 0.4) is 0 Å². The van der Waals surface area contributed by atoms with E-state index in [0.29, 0.717) is 23.7 Å². The maximum Gasteiger partial charge on any atom is 0.178 e. The van der Waals surface area contributed by atoms with Crippen LogP contribution >= 0.6 is 11.8 Å². The first-order valence-electron chi connectivity index (χ1n) is 10.8. The van der Waals surface area contributed by atoms with E-state index in [9.17, 15) is 9.59 Å². The normalized spacial score (nSPS) is 47.2. The van der Waals surface area contributed by atoms with Gasteiger partial charge in [0.15, 0.2) is 11.6 Å². The number of hydrogen-bond donors (Lipinski definition) is 0. The summed E-state index contributed by atoms with van der Waals surface area (Å²) < 4.78 is 6.45. The van der Waals surface area contributed by atoms with Gasteiger partial charge in [-0.2, -0.15) is 0 Å². The van der Waals surface area contributed by atoms with Crippen molar-refractivity contribution >= 4 is 23.3 Å². The Kier molecular flexibility index (Phi) is 4.98. The fraction of sp³-hybridized carbons (Fsp3) is 0.750. The molecule has 0 aromatic rings. The number of thioether (sulfide) groups is 1. The first kappa shape index (κ1) is 20.4. The highest BCUT2D eigenvalue weighted by molar-refractivity contribution is 7.98. The van der Waals surface area contributed by atoms with Gasteiger partial charge in [0.1, 0.15) is 5.60 Å².